The van der Waals surface area contributed by atoms with E-state index < -0.39 is 0 Å². The number of hydrogen-bond acceptors (Lipinski definition) is 6. The van der Waals surface area contributed by atoms with Crippen LogP contribution in [0.25, 0.3) is 26.9 Å². The minimum absolute atomic E-state index is 0.0932. The van der Waals surface area contributed by atoms with Crippen molar-refractivity contribution in [3.8, 4) is 5.69 Å². The average Bonchev–Trinajstić information content (AvgIpc) is 3.37. The van der Waals surface area contributed by atoms with Gasteiger partial charge < -0.3 is 5.32 Å². The molecular weight excluding hydrogens is 431 g/mol. The van der Waals surface area contributed by atoms with Crippen LogP contribution in [0.4, 0.5) is 9.52 Å². The molecule has 0 radical (unpaired) electrons. The van der Waals surface area contributed by atoms with E-state index in [0.717, 1.165) is 10.2 Å². The number of benzene rings is 2. The topological polar surface area (TPSA) is 94.7 Å². The van der Waals surface area contributed by atoms with Crippen LogP contribution in [-0.2, 0) is 11.3 Å². The molecule has 0 saturated heterocycles. The molecule has 5 aromatic rings. The van der Waals surface area contributed by atoms with Crippen LogP contribution in [0.3, 0.4) is 0 Å². The van der Waals surface area contributed by atoms with E-state index in [-0.39, 0.29) is 30.2 Å². The van der Waals surface area contributed by atoms with E-state index in [0.29, 0.717) is 27.7 Å². The molecule has 0 saturated carbocycles. The van der Waals surface area contributed by atoms with Crippen LogP contribution in [0.1, 0.15) is 12.2 Å². The van der Waals surface area contributed by atoms with Crippen LogP contribution < -0.4 is 10.9 Å². The minimum Gasteiger partial charge on any atom is -0.302 e. The standard InChI is InChI=1S/C22H17FN6O2S/c1-13-25-20-16(12-24-29(20)15-8-6-14(23)7-9-15)21(31)28(13)11-10-19(30)27-22-26-17-4-2-3-5-18(17)32-22/h2-9,12H,10-11H2,1H3,(H,26,27,30). The highest BCUT2D eigenvalue weighted by atomic mass is 32.1. The second kappa shape index (κ2) is 7.97. The summed E-state index contributed by atoms with van der Waals surface area (Å²) in [5.41, 5.74) is 1.52. The molecule has 10 heteroatoms. The van der Waals surface area contributed by atoms with Gasteiger partial charge in [0.05, 0.1) is 22.1 Å². The molecule has 3 heterocycles. The lowest BCUT2D eigenvalue weighted by Crippen LogP contribution is -2.26. The lowest BCUT2D eigenvalue weighted by molar-refractivity contribution is -0.116. The molecule has 0 aliphatic heterocycles. The first-order chi connectivity index (χ1) is 15.5. The summed E-state index contributed by atoms with van der Waals surface area (Å²) in [4.78, 5) is 34.3. The number of aryl methyl sites for hydroxylation is 1. The third-order valence-electron chi connectivity index (χ3n) is 5.05. The minimum atomic E-state index is -0.360. The maximum Gasteiger partial charge on any atom is 0.264 e. The zero-order valence-corrected chi connectivity index (χ0v) is 17.8. The van der Waals surface area contributed by atoms with Gasteiger partial charge in [-0.3, -0.25) is 14.2 Å². The van der Waals surface area contributed by atoms with Gasteiger partial charge >= 0.3 is 0 Å². The SMILES string of the molecule is Cc1nc2c(cnn2-c2ccc(F)cc2)c(=O)n1CCC(=O)Nc1nc2ccccc2s1. The molecule has 1 N–H and O–H groups in total. The molecular formula is C22H17FN6O2S. The number of para-hydroxylation sites is 1. The van der Waals surface area contributed by atoms with E-state index in [1.54, 1.807) is 19.1 Å². The molecule has 0 aliphatic rings. The number of carbonyl (C=O) groups is 1. The van der Waals surface area contributed by atoms with Gasteiger partial charge in [-0.05, 0) is 43.3 Å². The average molecular weight is 448 g/mol. The number of rotatable bonds is 5. The molecule has 5 rings (SSSR count). The fraction of sp³-hybridized carbons (Fsp3) is 0.136. The number of nitrogens with zero attached hydrogens (tertiary/aromatic N) is 5. The molecule has 3 aromatic heterocycles. The van der Waals surface area contributed by atoms with E-state index in [1.165, 1.54) is 38.9 Å². The monoisotopic (exact) mass is 448 g/mol. The Morgan fingerprint density at radius 2 is 1.91 bits per heavy atom. The van der Waals surface area contributed by atoms with E-state index >= 15 is 0 Å². The Kier molecular flexibility index (Phi) is 4.98. The van der Waals surface area contributed by atoms with Gasteiger partial charge in [0.15, 0.2) is 10.8 Å². The van der Waals surface area contributed by atoms with Crippen LogP contribution in [0, 0.1) is 12.7 Å². The zero-order chi connectivity index (χ0) is 22.2. The van der Waals surface area contributed by atoms with Crippen molar-refractivity contribution < 1.29 is 9.18 Å². The molecule has 1 amide bonds. The van der Waals surface area contributed by atoms with Gasteiger partial charge in [-0.2, -0.15) is 5.10 Å². The smallest absolute Gasteiger partial charge is 0.264 e. The van der Waals surface area contributed by atoms with Gasteiger partial charge in [0.1, 0.15) is 17.0 Å². The van der Waals surface area contributed by atoms with Gasteiger partial charge in [0, 0.05) is 13.0 Å². The lowest BCUT2D eigenvalue weighted by atomic mass is 10.3. The van der Waals surface area contributed by atoms with Gasteiger partial charge in [-0.1, -0.05) is 23.5 Å². The van der Waals surface area contributed by atoms with Crippen LogP contribution in [0.15, 0.2) is 59.5 Å². The van der Waals surface area contributed by atoms with Gasteiger partial charge in [-0.25, -0.2) is 19.0 Å². The third kappa shape index (κ3) is 3.65. The number of carbonyl (C=O) groups excluding carboxylic acids is 1. The highest BCUT2D eigenvalue weighted by molar-refractivity contribution is 7.22. The molecule has 0 atom stereocenters. The Morgan fingerprint density at radius 3 is 2.69 bits per heavy atom. The molecule has 8 nitrogen and oxygen atoms in total. The first-order valence-corrected chi connectivity index (χ1v) is 10.7. The fourth-order valence-electron chi connectivity index (χ4n) is 3.46. The Balaban J connectivity index is 1.36. The van der Waals surface area contributed by atoms with E-state index in [9.17, 15) is 14.0 Å². The number of thiazole rings is 1. The summed E-state index contributed by atoms with van der Waals surface area (Å²) in [5.74, 6) is -0.141. The Morgan fingerprint density at radius 1 is 1.12 bits per heavy atom. The number of hydrogen-bond donors (Lipinski definition) is 1. The third-order valence-corrected chi connectivity index (χ3v) is 6.00. The number of nitrogens with one attached hydrogen (secondary N) is 1. The number of fused-ring (bicyclic) bond motifs is 2. The molecule has 0 bridgehead atoms. The molecule has 32 heavy (non-hydrogen) atoms. The van der Waals surface area contributed by atoms with Crippen molar-refractivity contribution >= 4 is 43.6 Å². The molecule has 0 spiro atoms. The first kappa shape index (κ1) is 20.0. The van der Waals surface area contributed by atoms with Crippen molar-refractivity contribution in [3.63, 3.8) is 0 Å². The first-order valence-electron chi connectivity index (χ1n) is 9.86. The van der Waals surface area contributed by atoms with Crippen molar-refractivity contribution in [3.05, 3.63) is 76.7 Å². The van der Waals surface area contributed by atoms with Crippen molar-refractivity contribution in [1.82, 2.24) is 24.3 Å². The summed E-state index contributed by atoms with van der Waals surface area (Å²) in [6, 6.07) is 13.4. The number of aromatic nitrogens is 5. The zero-order valence-electron chi connectivity index (χ0n) is 16.9. The summed E-state index contributed by atoms with van der Waals surface area (Å²) in [5, 5.41) is 7.88. The normalized spacial score (nSPS) is 11.3. The number of halogens is 1. The maximum atomic E-state index is 13.2. The second-order valence-corrected chi connectivity index (χ2v) is 8.20. The Hall–Kier alpha value is -3.92. The molecule has 0 aliphatic carbocycles. The predicted molar refractivity (Wildman–Crippen MR) is 121 cm³/mol. The number of amides is 1. The van der Waals surface area contributed by atoms with Gasteiger partial charge in [-0.15, -0.1) is 0 Å². The van der Waals surface area contributed by atoms with Gasteiger partial charge in [0.25, 0.3) is 5.56 Å². The molecule has 2 aromatic carbocycles. The summed E-state index contributed by atoms with van der Waals surface area (Å²) >= 11 is 1.40. The van der Waals surface area contributed by atoms with Crippen LogP contribution in [0.5, 0.6) is 0 Å². The maximum absolute atomic E-state index is 13.2. The predicted octanol–water partition coefficient (Wildman–Crippen LogP) is 3.67. The lowest BCUT2D eigenvalue weighted by Gasteiger charge is -2.10. The second-order valence-electron chi connectivity index (χ2n) is 7.17. The van der Waals surface area contributed by atoms with E-state index in [2.05, 4.69) is 20.4 Å². The fourth-order valence-corrected chi connectivity index (χ4v) is 4.34. The summed E-state index contributed by atoms with van der Waals surface area (Å²) in [6.07, 6.45) is 1.53. The molecule has 160 valence electrons. The van der Waals surface area contributed by atoms with Crippen molar-refractivity contribution in [2.75, 3.05) is 5.32 Å². The van der Waals surface area contributed by atoms with Crippen LogP contribution in [0.2, 0.25) is 0 Å². The van der Waals surface area contributed by atoms with E-state index in [4.69, 9.17) is 0 Å². The number of anilines is 1. The molecule has 0 fully saturated rings. The van der Waals surface area contributed by atoms with Gasteiger partial charge in [0.2, 0.25) is 5.91 Å². The molecule has 0 unspecified atom stereocenters. The van der Waals surface area contributed by atoms with Crippen molar-refractivity contribution in [2.45, 2.75) is 19.9 Å². The highest BCUT2D eigenvalue weighted by Gasteiger charge is 2.15. The highest BCUT2D eigenvalue weighted by Crippen LogP contribution is 2.25. The largest absolute Gasteiger partial charge is 0.302 e. The summed E-state index contributed by atoms with van der Waals surface area (Å²) in [6.45, 7) is 1.88. The van der Waals surface area contributed by atoms with E-state index in [1.807, 2.05) is 24.3 Å². The van der Waals surface area contributed by atoms with Crippen molar-refractivity contribution in [2.24, 2.45) is 0 Å². The van der Waals surface area contributed by atoms with Crippen LogP contribution >= 0.6 is 11.3 Å². The summed E-state index contributed by atoms with van der Waals surface area (Å²) in [7, 11) is 0. The van der Waals surface area contributed by atoms with Crippen LogP contribution in [-0.4, -0.2) is 30.2 Å². The quantitative estimate of drug-likeness (QED) is 0.443. The Bertz CT molecular complexity index is 1490. The van der Waals surface area contributed by atoms with Crippen molar-refractivity contribution in [1.29, 1.82) is 0 Å². The Labute approximate surface area is 185 Å². The summed E-state index contributed by atoms with van der Waals surface area (Å²) < 4.78 is 17.2.